The molecule has 0 rings (SSSR count). The fourth-order valence-corrected chi connectivity index (χ4v) is 1.32. The molecule has 13 heavy (non-hydrogen) atoms. The molecule has 0 amide bonds. The zero-order valence-electron chi connectivity index (χ0n) is 8.76. The van der Waals surface area contributed by atoms with E-state index in [-0.39, 0.29) is 6.10 Å². The molecule has 1 N–H and O–H groups in total. The third kappa shape index (κ3) is 9.39. The maximum absolute atomic E-state index is 9.44. The fraction of sp³-hybridized carbons (Fsp3) is 0.750. The average molecular weight is 182 g/mol. The number of aliphatic hydroxyl groups excluding tert-OH is 1. The van der Waals surface area contributed by atoms with Crippen molar-refractivity contribution in [3.05, 3.63) is 18.4 Å². The summed E-state index contributed by atoms with van der Waals surface area (Å²) in [5.74, 6) is 0. The van der Waals surface area contributed by atoms with Gasteiger partial charge in [0.2, 0.25) is 0 Å². The smallest absolute Gasteiger partial charge is 0.0580 e. The van der Waals surface area contributed by atoms with E-state index in [1.807, 2.05) is 0 Å². The Morgan fingerprint density at radius 2 is 2.00 bits per heavy atom. The third-order valence-electron chi connectivity index (χ3n) is 2.18. The monoisotopic (exact) mass is 182 g/mol. The van der Waals surface area contributed by atoms with Crippen molar-refractivity contribution in [2.24, 2.45) is 0 Å². The van der Waals surface area contributed by atoms with Gasteiger partial charge in [0.1, 0.15) is 0 Å². The summed E-state index contributed by atoms with van der Waals surface area (Å²) in [7, 11) is 0. The summed E-state index contributed by atoms with van der Waals surface area (Å²) in [6.45, 7) is 5.67. The lowest BCUT2D eigenvalue weighted by Crippen LogP contribution is -2.03. The van der Waals surface area contributed by atoms with Gasteiger partial charge in [0, 0.05) is 0 Å². The number of hydrogen-bond acceptors (Lipinski definition) is 1. The quantitative estimate of drug-likeness (QED) is 0.450. The molecule has 0 aromatic rings. The molecule has 0 aliphatic rings. The highest BCUT2D eigenvalue weighted by atomic mass is 16.3. The van der Waals surface area contributed by atoms with Crippen molar-refractivity contribution in [3.63, 3.8) is 0 Å². The predicted molar refractivity (Wildman–Crippen MR) is 57.7 cm³/mol. The van der Waals surface area contributed by atoms with Crippen LogP contribution in [0.3, 0.4) is 0 Å². The van der Waals surface area contributed by atoms with Gasteiger partial charge in [0.15, 0.2) is 0 Å². The van der Waals surface area contributed by atoms with Crippen LogP contribution in [0.4, 0.5) is 0 Å². The van der Waals surface area contributed by atoms with Crippen LogP contribution in [0, 0.1) is 0 Å². The fourth-order valence-electron chi connectivity index (χ4n) is 1.32. The molecular formula is C12H22O. The van der Waals surface area contributed by atoms with Crippen LogP contribution in [0.25, 0.3) is 0 Å². The molecule has 0 saturated carbocycles. The van der Waals surface area contributed by atoms with Crippen molar-refractivity contribution in [3.8, 4) is 0 Å². The predicted octanol–water partition coefficient (Wildman–Crippen LogP) is 3.44. The van der Waals surface area contributed by atoms with Gasteiger partial charge in [0.05, 0.1) is 6.10 Å². The van der Waals surface area contributed by atoms with Crippen LogP contribution in [0.2, 0.25) is 0 Å². The van der Waals surface area contributed by atoms with Crippen LogP contribution in [-0.2, 0) is 0 Å². The number of unbranched alkanes of at least 4 members (excludes halogenated alkanes) is 4. The molecule has 0 bridgehead atoms. The second kappa shape index (κ2) is 9.57. The van der Waals surface area contributed by atoms with Gasteiger partial charge in [-0.15, -0.1) is 5.73 Å². The van der Waals surface area contributed by atoms with E-state index in [4.69, 9.17) is 0 Å². The molecule has 0 spiro atoms. The van der Waals surface area contributed by atoms with E-state index in [2.05, 4.69) is 19.2 Å². The first-order valence-electron chi connectivity index (χ1n) is 5.33. The minimum atomic E-state index is -0.184. The Balaban J connectivity index is 3.16. The SMILES string of the molecule is C=C=CCC(O)CCCCCCC. The summed E-state index contributed by atoms with van der Waals surface area (Å²) < 4.78 is 0. The van der Waals surface area contributed by atoms with E-state index in [9.17, 15) is 5.11 Å². The van der Waals surface area contributed by atoms with Crippen molar-refractivity contribution in [1.29, 1.82) is 0 Å². The van der Waals surface area contributed by atoms with E-state index < -0.39 is 0 Å². The highest BCUT2D eigenvalue weighted by Gasteiger charge is 2.00. The molecule has 0 aliphatic carbocycles. The number of hydrogen-bond donors (Lipinski definition) is 1. The van der Waals surface area contributed by atoms with Gasteiger partial charge in [-0.05, 0) is 18.9 Å². The van der Waals surface area contributed by atoms with E-state index in [0.717, 1.165) is 12.8 Å². The second-order valence-corrected chi connectivity index (χ2v) is 3.50. The zero-order chi connectivity index (χ0) is 9.94. The third-order valence-corrected chi connectivity index (χ3v) is 2.18. The van der Waals surface area contributed by atoms with E-state index in [0.29, 0.717) is 6.42 Å². The molecule has 0 aliphatic heterocycles. The molecule has 0 fully saturated rings. The topological polar surface area (TPSA) is 20.2 Å². The lowest BCUT2D eigenvalue weighted by molar-refractivity contribution is 0.164. The molecular weight excluding hydrogens is 160 g/mol. The molecule has 0 aromatic heterocycles. The molecule has 1 atom stereocenters. The first-order chi connectivity index (χ1) is 6.31. The molecule has 0 radical (unpaired) electrons. The largest absolute Gasteiger partial charge is 0.393 e. The average Bonchev–Trinajstić information content (AvgIpc) is 2.14. The Morgan fingerprint density at radius 1 is 1.31 bits per heavy atom. The summed E-state index contributed by atoms with van der Waals surface area (Å²) in [6, 6.07) is 0. The highest BCUT2D eigenvalue weighted by molar-refractivity contribution is 4.78. The summed E-state index contributed by atoms with van der Waals surface area (Å²) in [5, 5.41) is 9.44. The van der Waals surface area contributed by atoms with Gasteiger partial charge in [-0.3, -0.25) is 0 Å². The second-order valence-electron chi connectivity index (χ2n) is 3.50. The first-order valence-corrected chi connectivity index (χ1v) is 5.33. The Morgan fingerprint density at radius 3 is 2.62 bits per heavy atom. The van der Waals surface area contributed by atoms with Gasteiger partial charge in [-0.25, -0.2) is 0 Å². The molecule has 76 valence electrons. The van der Waals surface area contributed by atoms with Crippen LogP contribution in [0.15, 0.2) is 18.4 Å². The molecule has 1 heteroatoms. The van der Waals surface area contributed by atoms with Crippen molar-refractivity contribution in [1.82, 2.24) is 0 Å². The Labute approximate surface area is 82.2 Å². The molecule has 0 aromatic carbocycles. The lowest BCUT2D eigenvalue weighted by atomic mass is 10.1. The van der Waals surface area contributed by atoms with Gasteiger partial charge < -0.3 is 5.11 Å². The minimum absolute atomic E-state index is 0.184. The van der Waals surface area contributed by atoms with E-state index in [1.54, 1.807) is 6.08 Å². The summed E-state index contributed by atoms with van der Waals surface area (Å²) in [4.78, 5) is 0. The van der Waals surface area contributed by atoms with E-state index in [1.165, 1.54) is 25.7 Å². The molecule has 0 saturated heterocycles. The number of aliphatic hydroxyl groups is 1. The van der Waals surface area contributed by atoms with Crippen molar-refractivity contribution in [2.45, 2.75) is 58.0 Å². The Hall–Kier alpha value is -0.520. The van der Waals surface area contributed by atoms with Gasteiger partial charge >= 0.3 is 0 Å². The van der Waals surface area contributed by atoms with Crippen LogP contribution < -0.4 is 0 Å². The Bertz CT molecular complexity index is 145. The van der Waals surface area contributed by atoms with Crippen molar-refractivity contribution < 1.29 is 5.11 Å². The molecule has 1 unspecified atom stereocenters. The van der Waals surface area contributed by atoms with Crippen molar-refractivity contribution >= 4 is 0 Å². The highest BCUT2D eigenvalue weighted by Crippen LogP contribution is 2.09. The maximum atomic E-state index is 9.44. The lowest BCUT2D eigenvalue weighted by Gasteiger charge is -2.06. The van der Waals surface area contributed by atoms with E-state index >= 15 is 0 Å². The van der Waals surface area contributed by atoms with Gasteiger partial charge in [-0.2, -0.15) is 0 Å². The summed E-state index contributed by atoms with van der Waals surface area (Å²) in [6.07, 6.45) is 9.55. The van der Waals surface area contributed by atoms with Crippen LogP contribution in [0.1, 0.15) is 51.9 Å². The van der Waals surface area contributed by atoms with Gasteiger partial charge in [0.25, 0.3) is 0 Å². The van der Waals surface area contributed by atoms with Crippen molar-refractivity contribution in [2.75, 3.05) is 0 Å². The summed E-state index contributed by atoms with van der Waals surface area (Å²) >= 11 is 0. The molecule has 1 nitrogen and oxygen atoms in total. The standard InChI is InChI=1S/C12H22O/c1-3-5-7-8-9-11-12(13)10-6-4-2/h6,12-13H,2-3,5,7-11H2,1H3. The van der Waals surface area contributed by atoms with Crippen LogP contribution >= 0.6 is 0 Å². The summed E-state index contributed by atoms with van der Waals surface area (Å²) in [5.41, 5.74) is 2.67. The number of rotatable bonds is 8. The first kappa shape index (κ1) is 12.5. The molecule has 0 heterocycles. The minimum Gasteiger partial charge on any atom is -0.393 e. The van der Waals surface area contributed by atoms with Crippen LogP contribution in [0.5, 0.6) is 0 Å². The zero-order valence-corrected chi connectivity index (χ0v) is 8.76. The maximum Gasteiger partial charge on any atom is 0.0580 e. The van der Waals surface area contributed by atoms with Gasteiger partial charge in [-0.1, -0.05) is 45.6 Å². The Kier molecular flexibility index (Phi) is 9.18. The van der Waals surface area contributed by atoms with Crippen LogP contribution in [-0.4, -0.2) is 11.2 Å². The normalized spacial score (nSPS) is 12.2.